The zero-order chi connectivity index (χ0) is 15.4. The summed E-state index contributed by atoms with van der Waals surface area (Å²) in [6, 6.07) is 15.7. The second kappa shape index (κ2) is 7.30. The molecule has 1 aliphatic heterocycles. The minimum Gasteiger partial charge on any atom is -0.292 e. The van der Waals surface area contributed by atoms with E-state index in [1.807, 2.05) is 18.0 Å². The molecule has 2 heterocycles. The molecular weight excluding hydrogens is 288 g/mol. The Labute approximate surface area is 138 Å². The fraction of sp³-hybridized carbons (Fsp3) is 0.421. The van der Waals surface area contributed by atoms with E-state index in [-0.39, 0.29) is 0 Å². The smallest absolute Gasteiger partial charge is 0.101 e. The Morgan fingerprint density at radius 2 is 2.00 bits per heavy atom. The van der Waals surface area contributed by atoms with E-state index >= 15 is 0 Å². The maximum absolute atomic E-state index is 4.64. The van der Waals surface area contributed by atoms with Crippen LogP contribution in [0.5, 0.6) is 0 Å². The van der Waals surface area contributed by atoms with Crippen molar-refractivity contribution in [3.05, 3.63) is 59.8 Å². The molecule has 1 atom stereocenters. The molecule has 1 fully saturated rings. The maximum atomic E-state index is 4.64. The molecule has 0 bridgehead atoms. The van der Waals surface area contributed by atoms with Gasteiger partial charge in [0.2, 0.25) is 0 Å². The third-order valence-corrected chi connectivity index (χ3v) is 5.13. The van der Waals surface area contributed by atoms with E-state index in [1.165, 1.54) is 35.5 Å². The van der Waals surface area contributed by atoms with Crippen molar-refractivity contribution in [1.82, 2.24) is 9.88 Å². The van der Waals surface area contributed by atoms with Crippen molar-refractivity contribution >= 4 is 11.8 Å². The lowest BCUT2D eigenvalue weighted by atomic mass is 10.1. The Kier molecular flexibility index (Phi) is 5.16. The summed E-state index contributed by atoms with van der Waals surface area (Å²) in [5, 5.41) is 1.78. The standard InChI is InChI=1S/C19H24N2S/c1-15(2)22-19-17(10-6-12-20-19)18-11-7-13-21(18)14-16-8-4-3-5-9-16/h3-6,8-10,12,15,18H,7,11,13-14H2,1-2H3. The Bertz CT molecular complexity index is 597. The number of nitrogens with zero attached hydrogens (tertiary/aromatic N) is 2. The van der Waals surface area contributed by atoms with E-state index in [1.54, 1.807) is 0 Å². The predicted molar refractivity (Wildman–Crippen MR) is 94.1 cm³/mol. The second-order valence-electron chi connectivity index (χ2n) is 6.18. The van der Waals surface area contributed by atoms with Gasteiger partial charge in [-0.1, -0.05) is 50.2 Å². The molecule has 0 amide bonds. The highest BCUT2D eigenvalue weighted by Gasteiger charge is 2.28. The largest absolute Gasteiger partial charge is 0.292 e. The second-order valence-corrected chi connectivity index (χ2v) is 7.74. The van der Waals surface area contributed by atoms with Crippen molar-refractivity contribution in [1.29, 1.82) is 0 Å². The molecule has 1 saturated heterocycles. The quantitative estimate of drug-likeness (QED) is 0.729. The Morgan fingerprint density at radius 1 is 1.18 bits per heavy atom. The maximum Gasteiger partial charge on any atom is 0.101 e. The average molecular weight is 312 g/mol. The summed E-state index contributed by atoms with van der Waals surface area (Å²) >= 11 is 1.88. The Morgan fingerprint density at radius 3 is 2.77 bits per heavy atom. The van der Waals surface area contributed by atoms with E-state index in [0.29, 0.717) is 11.3 Å². The number of benzene rings is 1. The number of hydrogen-bond acceptors (Lipinski definition) is 3. The molecule has 0 spiro atoms. The minimum absolute atomic E-state index is 0.509. The number of pyridine rings is 1. The third kappa shape index (κ3) is 3.71. The molecule has 0 aliphatic carbocycles. The molecule has 3 rings (SSSR count). The van der Waals surface area contributed by atoms with Gasteiger partial charge < -0.3 is 0 Å². The van der Waals surface area contributed by atoms with Gasteiger partial charge in [0, 0.05) is 29.6 Å². The molecule has 22 heavy (non-hydrogen) atoms. The van der Waals surface area contributed by atoms with E-state index < -0.39 is 0 Å². The first-order chi connectivity index (χ1) is 10.7. The average Bonchev–Trinajstić information content (AvgIpc) is 2.96. The highest BCUT2D eigenvalue weighted by molar-refractivity contribution is 7.99. The molecule has 1 aliphatic rings. The van der Waals surface area contributed by atoms with E-state index in [4.69, 9.17) is 0 Å². The van der Waals surface area contributed by atoms with Gasteiger partial charge >= 0.3 is 0 Å². The van der Waals surface area contributed by atoms with Crippen molar-refractivity contribution in [3.8, 4) is 0 Å². The fourth-order valence-electron chi connectivity index (χ4n) is 3.16. The van der Waals surface area contributed by atoms with Crippen LogP contribution in [0.4, 0.5) is 0 Å². The van der Waals surface area contributed by atoms with Gasteiger partial charge in [-0.2, -0.15) is 0 Å². The van der Waals surface area contributed by atoms with Crippen molar-refractivity contribution in [2.75, 3.05) is 6.54 Å². The highest BCUT2D eigenvalue weighted by atomic mass is 32.2. The summed E-state index contributed by atoms with van der Waals surface area (Å²) in [5.74, 6) is 0. The first kappa shape index (κ1) is 15.6. The van der Waals surface area contributed by atoms with Gasteiger partial charge in [-0.15, -0.1) is 11.8 Å². The summed E-state index contributed by atoms with van der Waals surface area (Å²) in [7, 11) is 0. The van der Waals surface area contributed by atoms with Crippen molar-refractivity contribution in [3.63, 3.8) is 0 Å². The highest BCUT2D eigenvalue weighted by Crippen LogP contribution is 2.38. The van der Waals surface area contributed by atoms with Crippen LogP contribution < -0.4 is 0 Å². The molecule has 0 saturated carbocycles. The number of rotatable bonds is 5. The molecule has 2 aromatic rings. The van der Waals surface area contributed by atoms with Crippen LogP contribution in [0, 0.1) is 0 Å². The van der Waals surface area contributed by atoms with Crippen molar-refractivity contribution < 1.29 is 0 Å². The predicted octanol–water partition coefficient (Wildman–Crippen LogP) is 4.92. The van der Waals surface area contributed by atoms with Crippen LogP contribution in [0.25, 0.3) is 0 Å². The van der Waals surface area contributed by atoms with Crippen LogP contribution in [-0.2, 0) is 6.54 Å². The lowest BCUT2D eigenvalue weighted by molar-refractivity contribution is 0.245. The normalized spacial score (nSPS) is 19.0. The van der Waals surface area contributed by atoms with Crippen LogP contribution in [0.2, 0.25) is 0 Å². The molecule has 1 aromatic carbocycles. The number of thioether (sulfide) groups is 1. The fourth-order valence-corrected chi connectivity index (χ4v) is 4.07. The Hall–Kier alpha value is -1.32. The van der Waals surface area contributed by atoms with Gasteiger partial charge in [0.05, 0.1) is 0 Å². The Balaban J connectivity index is 1.81. The van der Waals surface area contributed by atoms with Gasteiger partial charge in [0.15, 0.2) is 0 Å². The molecule has 1 aromatic heterocycles. The molecule has 3 heteroatoms. The summed E-state index contributed by atoms with van der Waals surface area (Å²) < 4.78 is 0. The zero-order valence-corrected chi connectivity index (χ0v) is 14.2. The lowest BCUT2D eigenvalue weighted by Crippen LogP contribution is -2.23. The topological polar surface area (TPSA) is 16.1 Å². The summed E-state index contributed by atoms with van der Waals surface area (Å²) in [6.07, 6.45) is 4.44. The molecule has 0 N–H and O–H groups in total. The van der Waals surface area contributed by atoms with Gasteiger partial charge in [0.25, 0.3) is 0 Å². The summed E-state index contributed by atoms with van der Waals surface area (Å²) in [4.78, 5) is 7.25. The lowest BCUT2D eigenvalue weighted by Gasteiger charge is -2.26. The minimum atomic E-state index is 0.509. The van der Waals surface area contributed by atoms with Crippen LogP contribution in [0.15, 0.2) is 53.7 Å². The summed E-state index contributed by atoms with van der Waals surface area (Å²) in [5.41, 5.74) is 2.81. The van der Waals surface area contributed by atoms with Gasteiger partial charge in [-0.3, -0.25) is 4.90 Å². The van der Waals surface area contributed by atoms with Crippen molar-refractivity contribution in [2.24, 2.45) is 0 Å². The molecular formula is C19H24N2S. The van der Waals surface area contributed by atoms with Gasteiger partial charge in [0.1, 0.15) is 5.03 Å². The zero-order valence-electron chi connectivity index (χ0n) is 13.4. The van der Waals surface area contributed by atoms with Gasteiger partial charge in [-0.05, 0) is 31.0 Å². The van der Waals surface area contributed by atoms with E-state index in [0.717, 1.165) is 6.54 Å². The van der Waals surface area contributed by atoms with Crippen LogP contribution >= 0.6 is 11.8 Å². The molecule has 1 unspecified atom stereocenters. The van der Waals surface area contributed by atoms with Crippen molar-refractivity contribution in [2.45, 2.75) is 49.6 Å². The van der Waals surface area contributed by atoms with Crippen LogP contribution in [0.3, 0.4) is 0 Å². The first-order valence-corrected chi connectivity index (χ1v) is 9.01. The number of hydrogen-bond donors (Lipinski definition) is 0. The van der Waals surface area contributed by atoms with Gasteiger partial charge in [-0.25, -0.2) is 4.98 Å². The van der Waals surface area contributed by atoms with E-state index in [9.17, 15) is 0 Å². The summed E-state index contributed by atoms with van der Waals surface area (Å²) in [6.45, 7) is 6.69. The van der Waals surface area contributed by atoms with Crippen LogP contribution in [-0.4, -0.2) is 21.7 Å². The van der Waals surface area contributed by atoms with Crippen LogP contribution in [0.1, 0.15) is 43.9 Å². The van der Waals surface area contributed by atoms with E-state index in [2.05, 4.69) is 66.2 Å². The monoisotopic (exact) mass is 312 g/mol. The molecule has 2 nitrogen and oxygen atoms in total. The molecule has 0 radical (unpaired) electrons. The number of likely N-dealkylation sites (tertiary alicyclic amines) is 1. The number of aromatic nitrogens is 1. The first-order valence-electron chi connectivity index (χ1n) is 8.13. The molecule has 116 valence electrons. The third-order valence-electron chi connectivity index (χ3n) is 4.10. The SMILES string of the molecule is CC(C)Sc1ncccc1C1CCCN1Cc1ccccc1.